The first-order chi connectivity index (χ1) is 16.3. The molecule has 34 heavy (non-hydrogen) atoms. The molecular weight excluding hydrogens is 439 g/mol. The Hall–Kier alpha value is -4.07. The summed E-state index contributed by atoms with van der Waals surface area (Å²) in [5.41, 5.74) is 3.52. The van der Waals surface area contributed by atoms with Crippen molar-refractivity contribution in [2.24, 2.45) is 0 Å². The Morgan fingerprint density at radius 3 is 2.18 bits per heavy atom. The molecule has 2 aromatic carbocycles. The van der Waals surface area contributed by atoms with Crippen molar-refractivity contribution in [3.8, 4) is 0 Å². The van der Waals surface area contributed by atoms with Gasteiger partial charge in [0.25, 0.3) is 11.8 Å². The number of esters is 1. The Bertz CT molecular complexity index is 1260. The lowest BCUT2D eigenvalue weighted by molar-refractivity contribution is -0.142. The first-order valence-corrected chi connectivity index (χ1v) is 10.8. The molecule has 7 nitrogen and oxygen atoms in total. The number of hydrogen-bond acceptors (Lipinski definition) is 5. The first-order valence-electron chi connectivity index (χ1n) is 10.8. The fourth-order valence-corrected chi connectivity index (χ4v) is 4.04. The molecule has 0 fully saturated rings. The van der Waals surface area contributed by atoms with Crippen molar-refractivity contribution >= 4 is 23.6 Å². The summed E-state index contributed by atoms with van der Waals surface area (Å²) < 4.78 is 20.2. The van der Waals surface area contributed by atoms with Gasteiger partial charge in [0.2, 0.25) is 5.78 Å². The van der Waals surface area contributed by atoms with Crippen molar-refractivity contribution in [1.29, 1.82) is 0 Å². The second-order valence-corrected chi connectivity index (χ2v) is 8.14. The van der Waals surface area contributed by atoms with Crippen molar-refractivity contribution in [2.45, 2.75) is 26.8 Å². The predicted molar refractivity (Wildman–Crippen MR) is 121 cm³/mol. The Labute approximate surface area is 195 Å². The number of rotatable bonds is 8. The summed E-state index contributed by atoms with van der Waals surface area (Å²) in [6.07, 6.45) is -0.206. The Balaban J connectivity index is 1.32. The minimum absolute atomic E-state index is 0.119. The number of Topliss-reactive ketones (excluding diaryl/α,β-unsaturated/α-hetero) is 1. The van der Waals surface area contributed by atoms with Crippen LogP contribution in [0.5, 0.6) is 0 Å². The number of hydrogen-bond donors (Lipinski definition) is 0. The molecule has 0 unspecified atom stereocenters. The van der Waals surface area contributed by atoms with Crippen LogP contribution in [-0.4, -0.2) is 46.2 Å². The van der Waals surface area contributed by atoms with Crippen LogP contribution < -0.4 is 0 Å². The van der Waals surface area contributed by atoms with Gasteiger partial charge in [0.05, 0.1) is 17.5 Å². The molecule has 8 heteroatoms. The molecule has 0 radical (unpaired) electrons. The zero-order valence-corrected chi connectivity index (χ0v) is 18.8. The second kappa shape index (κ2) is 9.43. The highest BCUT2D eigenvalue weighted by atomic mass is 19.1. The highest BCUT2D eigenvalue weighted by Crippen LogP contribution is 2.22. The SMILES string of the molecule is Cc1cc(C(=O)COC(=O)CCN2C(=O)c3ccccc3C2=O)c(C)n1Cc1ccc(F)cc1. The van der Waals surface area contributed by atoms with Crippen LogP contribution in [0.2, 0.25) is 0 Å². The predicted octanol–water partition coefficient (Wildman–Crippen LogP) is 3.70. The monoisotopic (exact) mass is 462 g/mol. The number of nitrogens with zero attached hydrogens (tertiary/aromatic N) is 2. The Morgan fingerprint density at radius 1 is 0.941 bits per heavy atom. The molecule has 0 saturated carbocycles. The molecule has 174 valence electrons. The maximum atomic E-state index is 13.2. The minimum Gasteiger partial charge on any atom is -0.457 e. The highest BCUT2D eigenvalue weighted by Gasteiger charge is 2.35. The first kappa shape index (κ1) is 23.1. The van der Waals surface area contributed by atoms with E-state index < -0.39 is 24.4 Å². The molecule has 2 amide bonds. The molecule has 0 bridgehead atoms. The maximum absolute atomic E-state index is 13.2. The molecule has 0 atom stereocenters. The second-order valence-electron chi connectivity index (χ2n) is 8.14. The molecule has 0 N–H and O–H groups in total. The third kappa shape index (κ3) is 4.52. The average Bonchev–Trinajstić information content (AvgIpc) is 3.25. The number of fused-ring (bicyclic) bond motifs is 1. The Kier molecular flexibility index (Phi) is 6.40. The smallest absolute Gasteiger partial charge is 0.308 e. The van der Waals surface area contributed by atoms with Crippen LogP contribution in [0.25, 0.3) is 0 Å². The zero-order valence-electron chi connectivity index (χ0n) is 18.8. The molecular formula is C26H23FN2O5. The van der Waals surface area contributed by atoms with Gasteiger partial charge >= 0.3 is 5.97 Å². The van der Waals surface area contributed by atoms with Crippen LogP contribution in [0.1, 0.15) is 54.4 Å². The van der Waals surface area contributed by atoms with Gasteiger partial charge in [-0.15, -0.1) is 0 Å². The van der Waals surface area contributed by atoms with E-state index >= 15 is 0 Å². The molecule has 4 rings (SSSR count). The number of aryl methyl sites for hydroxylation is 1. The van der Waals surface area contributed by atoms with Crippen LogP contribution in [-0.2, 0) is 16.1 Å². The number of ether oxygens (including phenoxy) is 1. The fraction of sp³-hybridized carbons (Fsp3) is 0.231. The molecule has 0 spiro atoms. The number of benzene rings is 2. The van der Waals surface area contributed by atoms with Crippen molar-refractivity contribution in [1.82, 2.24) is 9.47 Å². The summed E-state index contributed by atoms with van der Waals surface area (Å²) in [5, 5.41) is 0. The van der Waals surface area contributed by atoms with Crippen molar-refractivity contribution in [2.75, 3.05) is 13.2 Å². The van der Waals surface area contributed by atoms with Gasteiger partial charge in [-0.2, -0.15) is 0 Å². The average molecular weight is 462 g/mol. The molecule has 2 heterocycles. The molecule has 1 aliphatic rings. The summed E-state index contributed by atoms with van der Waals surface area (Å²) in [6, 6.07) is 14.4. The lowest BCUT2D eigenvalue weighted by atomic mass is 10.1. The van der Waals surface area contributed by atoms with Crippen LogP contribution >= 0.6 is 0 Å². The number of imide groups is 1. The lowest BCUT2D eigenvalue weighted by Crippen LogP contribution is -2.32. The van der Waals surface area contributed by atoms with Crippen LogP contribution in [0, 0.1) is 19.7 Å². The van der Waals surface area contributed by atoms with Gasteiger partial charge in [-0.05, 0) is 49.7 Å². The van der Waals surface area contributed by atoms with Gasteiger partial charge in [-0.3, -0.25) is 24.1 Å². The van der Waals surface area contributed by atoms with E-state index in [4.69, 9.17) is 4.74 Å². The third-order valence-corrected chi connectivity index (χ3v) is 5.91. The number of carbonyl (C=O) groups is 4. The van der Waals surface area contributed by atoms with Crippen molar-refractivity contribution < 1.29 is 28.3 Å². The topological polar surface area (TPSA) is 85.7 Å². The Morgan fingerprint density at radius 2 is 1.56 bits per heavy atom. The van der Waals surface area contributed by atoms with Gasteiger partial charge < -0.3 is 9.30 Å². The van der Waals surface area contributed by atoms with Crippen LogP contribution in [0.4, 0.5) is 4.39 Å². The number of halogens is 1. The minimum atomic E-state index is -0.676. The summed E-state index contributed by atoms with van der Waals surface area (Å²) >= 11 is 0. The van der Waals surface area contributed by atoms with Gasteiger partial charge in [0.1, 0.15) is 5.82 Å². The van der Waals surface area contributed by atoms with E-state index in [9.17, 15) is 23.6 Å². The normalized spacial score (nSPS) is 12.7. The lowest BCUT2D eigenvalue weighted by Gasteiger charge is -2.13. The summed E-state index contributed by atoms with van der Waals surface area (Å²) in [5.74, 6) is -2.24. The molecule has 1 aromatic heterocycles. The summed E-state index contributed by atoms with van der Waals surface area (Å²) in [4.78, 5) is 50.6. The van der Waals surface area contributed by atoms with E-state index in [1.165, 1.54) is 12.1 Å². The molecule has 1 aliphatic heterocycles. The molecule has 0 saturated heterocycles. The molecule has 0 aliphatic carbocycles. The number of aromatic nitrogens is 1. The highest BCUT2D eigenvalue weighted by molar-refractivity contribution is 6.21. The number of ketones is 1. The van der Waals surface area contributed by atoms with E-state index in [0.29, 0.717) is 28.9 Å². The number of carbonyl (C=O) groups excluding carboxylic acids is 4. The quantitative estimate of drug-likeness (QED) is 0.290. The van der Waals surface area contributed by atoms with Gasteiger partial charge in [-0.1, -0.05) is 24.3 Å². The van der Waals surface area contributed by atoms with E-state index in [-0.39, 0.29) is 24.6 Å². The maximum Gasteiger partial charge on any atom is 0.308 e. The van der Waals surface area contributed by atoms with E-state index in [1.54, 1.807) is 49.4 Å². The van der Waals surface area contributed by atoms with Gasteiger partial charge in [-0.25, -0.2) is 4.39 Å². The molecule has 3 aromatic rings. The zero-order chi connectivity index (χ0) is 24.4. The van der Waals surface area contributed by atoms with E-state index in [1.807, 2.05) is 11.5 Å². The van der Waals surface area contributed by atoms with Gasteiger partial charge in [0, 0.05) is 30.0 Å². The third-order valence-electron chi connectivity index (χ3n) is 5.91. The number of amides is 2. The van der Waals surface area contributed by atoms with E-state index in [2.05, 4.69) is 0 Å². The van der Waals surface area contributed by atoms with Crippen LogP contribution in [0.15, 0.2) is 54.6 Å². The largest absolute Gasteiger partial charge is 0.457 e. The summed E-state index contributed by atoms with van der Waals surface area (Å²) in [6.45, 7) is 3.58. The van der Waals surface area contributed by atoms with Crippen molar-refractivity contribution in [3.63, 3.8) is 0 Å². The van der Waals surface area contributed by atoms with Gasteiger partial charge in [0.15, 0.2) is 6.61 Å². The van der Waals surface area contributed by atoms with Crippen LogP contribution in [0.3, 0.4) is 0 Å². The fourth-order valence-electron chi connectivity index (χ4n) is 4.04. The van der Waals surface area contributed by atoms with Crippen molar-refractivity contribution in [3.05, 3.63) is 94.1 Å². The summed E-state index contributed by atoms with van der Waals surface area (Å²) in [7, 11) is 0. The van der Waals surface area contributed by atoms with E-state index in [0.717, 1.165) is 16.2 Å². The standard InChI is InChI=1S/C26H23FN2O5/c1-16-13-22(17(2)29(16)14-18-7-9-19(27)10-8-18)23(30)15-34-24(31)11-12-28-25(32)20-5-3-4-6-21(20)26(28)33/h3-10,13H,11-12,14-15H2,1-2H3.